The number of allylic oxidation sites excluding steroid dienone is 1. The van der Waals surface area contributed by atoms with Crippen molar-refractivity contribution in [3.8, 4) is 5.69 Å². The summed E-state index contributed by atoms with van der Waals surface area (Å²) in [6.45, 7) is 8.65. The van der Waals surface area contributed by atoms with Crippen LogP contribution < -0.4 is 5.32 Å². The van der Waals surface area contributed by atoms with Crippen LogP contribution >= 0.6 is 0 Å². The van der Waals surface area contributed by atoms with E-state index in [-0.39, 0.29) is 5.82 Å². The lowest BCUT2D eigenvalue weighted by molar-refractivity contribution is 0.627. The molecule has 0 aliphatic rings. The van der Waals surface area contributed by atoms with Gasteiger partial charge in [-0.25, -0.2) is 13.3 Å². The first-order valence-corrected chi connectivity index (χ1v) is 13.8. The summed E-state index contributed by atoms with van der Waals surface area (Å²) in [6.07, 6.45) is 12.1. The Balaban J connectivity index is 0.00000164. The van der Waals surface area contributed by atoms with Crippen molar-refractivity contribution < 1.29 is 8.60 Å². The molecule has 0 saturated heterocycles. The summed E-state index contributed by atoms with van der Waals surface area (Å²) in [5.41, 5.74) is 5.63. The lowest BCUT2D eigenvalue weighted by Crippen LogP contribution is -2.12. The third-order valence-electron chi connectivity index (χ3n) is 5.89. The van der Waals surface area contributed by atoms with Gasteiger partial charge in [-0.05, 0) is 61.4 Å². The monoisotopic (exact) mass is 529 g/mol. The van der Waals surface area contributed by atoms with Gasteiger partial charge in [0.2, 0.25) is 0 Å². The quantitative estimate of drug-likeness (QED) is 0.240. The Morgan fingerprint density at radius 1 is 1.03 bits per heavy atom. The zero-order valence-electron chi connectivity index (χ0n) is 22.1. The van der Waals surface area contributed by atoms with E-state index in [1.54, 1.807) is 27.0 Å². The highest BCUT2D eigenvalue weighted by Gasteiger charge is 2.13. The molecule has 3 aromatic heterocycles. The molecule has 0 spiro atoms. The zero-order valence-corrected chi connectivity index (χ0v) is 22.9. The number of hydrogen-bond acceptors (Lipinski definition) is 4. The number of nitrogens with one attached hydrogen (secondary N) is 1. The highest BCUT2D eigenvalue weighted by molar-refractivity contribution is 7.83. The van der Waals surface area contributed by atoms with Crippen molar-refractivity contribution >= 4 is 27.6 Å². The van der Waals surface area contributed by atoms with Crippen LogP contribution in [0.25, 0.3) is 22.3 Å². The van der Waals surface area contributed by atoms with Crippen LogP contribution in [0.3, 0.4) is 0 Å². The summed E-state index contributed by atoms with van der Waals surface area (Å²) >= 11 is 0. The van der Waals surface area contributed by atoms with Crippen LogP contribution in [0.4, 0.5) is 4.39 Å². The minimum atomic E-state index is -1.29. The van der Waals surface area contributed by atoms with Gasteiger partial charge in [0.25, 0.3) is 0 Å². The molecule has 1 unspecified atom stereocenters. The fourth-order valence-corrected chi connectivity index (χ4v) is 5.04. The molecule has 0 aliphatic heterocycles. The average Bonchev–Trinajstić information content (AvgIpc) is 3.60. The molecule has 0 bridgehead atoms. The van der Waals surface area contributed by atoms with E-state index in [4.69, 9.17) is 0 Å². The summed E-state index contributed by atoms with van der Waals surface area (Å²) in [5, 5.41) is 9.00. The highest BCUT2D eigenvalue weighted by atomic mass is 32.2. The molecular formula is C30H32FN5OS. The normalized spacial score (nSPS) is 12.2. The number of rotatable bonds is 8. The molecule has 6 nitrogen and oxygen atoms in total. The van der Waals surface area contributed by atoms with Gasteiger partial charge in [0.1, 0.15) is 5.82 Å². The van der Waals surface area contributed by atoms with Crippen LogP contribution in [0.2, 0.25) is 0 Å². The van der Waals surface area contributed by atoms with E-state index in [0.29, 0.717) is 6.54 Å². The van der Waals surface area contributed by atoms with Crippen molar-refractivity contribution in [2.75, 3.05) is 0 Å². The molecule has 0 fully saturated rings. The first-order valence-electron chi connectivity index (χ1n) is 12.7. The van der Waals surface area contributed by atoms with Gasteiger partial charge in [-0.15, -0.1) is 0 Å². The Bertz CT molecular complexity index is 1550. The Morgan fingerprint density at radius 3 is 2.47 bits per heavy atom. The van der Waals surface area contributed by atoms with Gasteiger partial charge in [-0.2, -0.15) is 5.10 Å². The lowest BCUT2D eigenvalue weighted by Gasteiger charge is -2.12. The van der Waals surface area contributed by atoms with E-state index in [1.165, 1.54) is 12.1 Å². The van der Waals surface area contributed by atoms with Crippen molar-refractivity contribution in [3.63, 3.8) is 0 Å². The first kappa shape index (κ1) is 27.0. The maximum atomic E-state index is 13.4. The van der Waals surface area contributed by atoms with Crippen molar-refractivity contribution in [3.05, 3.63) is 114 Å². The van der Waals surface area contributed by atoms with Gasteiger partial charge in [0.15, 0.2) is 11.0 Å². The van der Waals surface area contributed by atoms with E-state index in [1.807, 2.05) is 75.9 Å². The maximum absolute atomic E-state index is 13.4. The number of aryl methyl sites for hydroxylation is 1. The smallest absolute Gasteiger partial charge is 0.156 e. The number of aromatic nitrogens is 4. The number of nitrogens with zero attached hydrogens (tertiary/aromatic N) is 4. The predicted molar refractivity (Wildman–Crippen MR) is 153 cm³/mol. The Kier molecular flexibility index (Phi) is 8.86. The predicted octanol–water partition coefficient (Wildman–Crippen LogP) is 6.81. The van der Waals surface area contributed by atoms with E-state index < -0.39 is 11.0 Å². The lowest BCUT2D eigenvalue weighted by atomic mass is 10.1. The molecule has 8 heteroatoms. The van der Waals surface area contributed by atoms with E-state index in [2.05, 4.69) is 28.4 Å². The van der Waals surface area contributed by atoms with Crippen molar-refractivity contribution in [1.82, 2.24) is 24.1 Å². The Labute approximate surface area is 225 Å². The minimum absolute atomic E-state index is 0.289. The molecule has 3 heterocycles. The number of hydrogen-bond donors (Lipinski definition) is 1. The topological polar surface area (TPSA) is 64.7 Å². The summed E-state index contributed by atoms with van der Waals surface area (Å²) in [6, 6.07) is 15.9. The fraction of sp³-hybridized carbons (Fsp3) is 0.200. The van der Waals surface area contributed by atoms with Crippen molar-refractivity contribution in [2.45, 2.75) is 45.6 Å². The molecule has 196 valence electrons. The number of pyridine rings is 1. The minimum Gasteiger partial charge on any atom is -0.381 e. The van der Waals surface area contributed by atoms with Crippen LogP contribution in [0, 0.1) is 12.7 Å². The Morgan fingerprint density at radius 2 is 1.76 bits per heavy atom. The van der Waals surface area contributed by atoms with Crippen LogP contribution in [-0.2, 0) is 17.5 Å². The molecule has 5 aromatic rings. The van der Waals surface area contributed by atoms with Gasteiger partial charge < -0.3 is 5.32 Å². The number of halogens is 1. The number of fused-ring (bicyclic) bond motifs is 1. The second kappa shape index (κ2) is 12.5. The van der Waals surface area contributed by atoms with Crippen molar-refractivity contribution in [1.29, 1.82) is 0 Å². The van der Waals surface area contributed by atoms with Crippen LogP contribution in [0.5, 0.6) is 0 Å². The highest BCUT2D eigenvalue weighted by Crippen LogP contribution is 2.25. The molecular weight excluding hydrogens is 497 g/mol. The van der Waals surface area contributed by atoms with Gasteiger partial charge in [-0.3, -0.25) is 8.96 Å². The number of benzene rings is 2. The molecule has 1 atom stereocenters. The SMILES string of the molecule is CC.CC/C=C(/NCc1ccn(S(=O)c2ccc(C)cc2)c1)c1cncc2c1cnn2-c1ccc(F)cc1. The summed E-state index contributed by atoms with van der Waals surface area (Å²) < 4.78 is 29.8. The third kappa shape index (κ3) is 5.92. The molecule has 0 radical (unpaired) electrons. The third-order valence-corrected chi connectivity index (χ3v) is 7.18. The summed E-state index contributed by atoms with van der Waals surface area (Å²) in [7, 11) is -1.29. The van der Waals surface area contributed by atoms with Gasteiger partial charge in [-0.1, -0.05) is 44.5 Å². The summed E-state index contributed by atoms with van der Waals surface area (Å²) in [4.78, 5) is 5.22. The second-order valence-corrected chi connectivity index (χ2v) is 9.87. The van der Waals surface area contributed by atoms with E-state index in [0.717, 1.165) is 50.3 Å². The van der Waals surface area contributed by atoms with Gasteiger partial charge in [0.05, 0.1) is 28.5 Å². The summed E-state index contributed by atoms with van der Waals surface area (Å²) in [5.74, 6) is -0.289. The van der Waals surface area contributed by atoms with E-state index >= 15 is 0 Å². The first-order chi connectivity index (χ1) is 18.5. The molecule has 1 N–H and O–H groups in total. The van der Waals surface area contributed by atoms with Crippen LogP contribution in [0.1, 0.15) is 43.9 Å². The van der Waals surface area contributed by atoms with Gasteiger partial charge in [0, 0.05) is 41.8 Å². The van der Waals surface area contributed by atoms with E-state index in [9.17, 15) is 8.60 Å². The molecule has 38 heavy (non-hydrogen) atoms. The second-order valence-electron chi connectivity index (χ2n) is 8.47. The Hall–Kier alpha value is -4.04. The molecule has 0 saturated carbocycles. The van der Waals surface area contributed by atoms with Crippen molar-refractivity contribution in [2.24, 2.45) is 0 Å². The fourth-order valence-electron chi connectivity index (χ4n) is 4.03. The van der Waals surface area contributed by atoms with Gasteiger partial charge >= 0.3 is 0 Å². The standard InChI is InChI=1S/C28H26FN5OS.C2H6/c1-3-4-27(31-15-21-13-14-33(19-21)36(35)24-11-5-20(2)6-12-24)25-16-30-18-28-26(25)17-32-34(28)23-9-7-22(29)8-10-23;1-2/h4-14,16-19,31H,3,15H2,1-2H3;1-2H3/b27-4+;. The molecule has 5 rings (SSSR count). The zero-order chi connectivity index (χ0) is 27.1. The molecule has 2 aromatic carbocycles. The largest absolute Gasteiger partial charge is 0.381 e. The van der Waals surface area contributed by atoms with Crippen LogP contribution in [0.15, 0.2) is 96.6 Å². The maximum Gasteiger partial charge on any atom is 0.156 e. The van der Waals surface area contributed by atoms with Crippen LogP contribution in [-0.4, -0.2) is 22.9 Å². The molecule has 0 amide bonds. The molecule has 0 aliphatic carbocycles. The average molecular weight is 530 g/mol.